The second-order valence-electron chi connectivity index (χ2n) is 10.8. The number of rotatable bonds is 16. The van der Waals surface area contributed by atoms with Crippen LogP contribution >= 0.6 is 0 Å². The predicted molar refractivity (Wildman–Crippen MR) is 144 cm³/mol. The highest BCUT2D eigenvalue weighted by molar-refractivity contribution is 5.07. The van der Waals surface area contributed by atoms with Crippen molar-refractivity contribution in [1.82, 2.24) is 0 Å². The number of allylic oxidation sites excluding steroid dienone is 10. The summed E-state index contributed by atoms with van der Waals surface area (Å²) in [5, 5.41) is 0. The molecule has 0 aromatic rings. The Balaban J connectivity index is 4.04. The van der Waals surface area contributed by atoms with Crippen LogP contribution in [0.5, 0.6) is 0 Å². The molecule has 1 heteroatoms. The van der Waals surface area contributed by atoms with E-state index >= 15 is 0 Å². The molecule has 0 aromatic carbocycles. The highest BCUT2D eigenvalue weighted by Crippen LogP contribution is 2.14. The molecule has 0 radical (unpaired) electrons. The first-order valence-electron chi connectivity index (χ1n) is 12.6. The lowest BCUT2D eigenvalue weighted by atomic mass is 10.0. The largest absolute Gasteiger partial charge is 0.331 e. The molecule has 0 N–H and O–H groups in total. The summed E-state index contributed by atoms with van der Waals surface area (Å²) in [5.41, 5.74) is 7.58. The van der Waals surface area contributed by atoms with Crippen LogP contribution in [0.25, 0.3) is 0 Å². The SMILES string of the molecule is CC(C)=CCCC(C)=CCCC(C)=CCCC=C(C)CCC=C(C)CCC[N+](C)(C)C. The summed E-state index contributed by atoms with van der Waals surface area (Å²) in [4.78, 5) is 0. The third-order valence-corrected chi connectivity index (χ3v) is 5.71. The summed E-state index contributed by atoms with van der Waals surface area (Å²) in [6, 6.07) is 0. The van der Waals surface area contributed by atoms with Crippen molar-refractivity contribution in [2.24, 2.45) is 0 Å². The first-order chi connectivity index (χ1) is 14.5. The van der Waals surface area contributed by atoms with Gasteiger partial charge < -0.3 is 4.48 Å². The van der Waals surface area contributed by atoms with Gasteiger partial charge in [-0.1, -0.05) is 58.2 Å². The molecule has 0 aliphatic rings. The Morgan fingerprint density at radius 2 is 0.839 bits per heavy atom. The number of unbranched alkanes of at least 4 members (excludes halogenated alkanes) is 1. The first-order valence-corrected chi connectivity index (χ1v) is 12.6. The van der Waals surface area contributed by atoms with Crippen molar-refractivity contribution < 1.29 is 4.48 Å². The third kappa shape index (κ3) is 21.7. The molecule has 0 saturated carbocycles. The van der Waals surface area contributed by atoms with Crippen LogP contribution in [0.1, 0.15) is 106 Å². The second-order valence-corrected chi connectivity index (χ2v) is 10.8. The fraction of sp³-hybridized carbons (Fsp3) is 0.667. The van der Waals surface area contributed by atoms with E-state index < -0.39 is 0 Å². The zero-order valence-electron chi connectivity index (χ0n) is 22.6. The molecule has 0 aliphatic heterocycles. The summed E-state index contributed by atoms with van der Waals surface area (Å²) in [7, 11) is 6.82. The van der Waals surface area contributed by atoms with E-state index in [0.717, 1.165) is 4.48 Å². The molecule has 178 valence electrons. The van der Waals surface area contributed by atoms with Gasteiger partial charge in [0.1, 0.15) is 0 Å². The summed E-state index contributed by atoms with van der Waals surface area (Å²) < 4.78 is 1.07. The van der Waals surface area contributed by atoms with Crippen LogP contribution < -0.4 is 0 Å². The summed E-state index contributed by atoms with van der Waals surface area (Å²) >= 11 is 0. The molecular weight excluding hydrogens is 374 g/mol. The number of hydrogen-bond donors (Lipinski definition) is 0. The third-order valence-electron chi connectivity index (χ3n) is 5.71. The van der Waals surface area contributed by atoms with Crippen LogP contribution in [0.3, 0.4) is 0 Å². The molecule has 0 fully saturated rings. The van der Waals surface area contributed by atoms with Crippen molar-refractivity contribution in [3.05, 3.63) is 58.2 Å². The lowest BCUT2D eigenvalue weighted by Crippen LogP contribution is -2.35. The Kier molecular flexibility index (Phi) is 16.5. The van der Waals surface area contributed by atoms with Crippen molar-refractivity contribution >= 4 is 0 Å². The highest BCUT2D eigenvalue weighted by Gasteiger charge is 2.05. The first kappa shape index (κ1) is 29.7. The van der Waals surface area contributed by atoms with Crippen LogP contribution in [0, 0.1) is 0 Å². The van der Waals surface area contributed by atoms with Crippen LogP contribution in [0.2, 0.25) is 0 Å². The van der Waals surface area contributed by atoms with Crippen LogP contribution in [0.4, 0.5) is 0 Å². The molecule has 1 nitrogen and oxygen atoms in total. The van der Waals surface area contributed by atoms with Gasteiger partial charge in [0.25, 0.3) is 0 Å². The molecule has 0 spiro atoms. The molecular formula is C30H54N+. The lowest BCUT2D eigenvalue weighted by Gasteiger charge is -2.23. The van der Waals surface area contributed by atoms with E-state index in [9.17, 15) is 0 Å². The minimum atomic E-state index is 1.07. The van der Waals surface area contributed by atoms with E-state index in [4.69, 9.17) is 0 Å². The quantitative estimate of drug-likeness (QED) is 0.130. The standard InChI is InChI=1S/C30H54N/c1-26(2)16-12-19-29(5)22-13-20-27(3)17-10-11-18-28(4)21-14-23-30(6)24-15-25-31(7,8)9/h16-18,22-23H,10-15,19-21,24-25H2,1-9H3/q+1. The van der Waals surface area contributed by atoms with E-state index in [1.54, 1.807) is 5.57 Å². The van der Waals surface area contributed by atoms with Crippen LogP contribution in [0.15, 0.2) is 58.2 Å². The van der Waals surface area contributed by atoms with Gasteiger partial charge in [-0.3, -0.25) is 0 Å². The Bertz CT molecular complexity index is 628. The lowest BCUT2D eigenvalue weighted by molar-refractivity contribution is -0.870. The summed E-state index contributed by atoms with van der Waals surface area (Å²) in [5.74, 6) is 0. The topological polar surface area (TPSA) is 0 Å². The molecule has 0 aliphatic carbocycles. The van der Waals surface area contributed by atoms with E-state index in [-0.39, 0.29) is 0 Å². The molecule has 0 unspecified atom stereocenters. The van der Waals surface area contributed by atoms with Gasteiger partial charge in [-0.15, -0.1) is 0 Å². The molecule has 0 heterocycles. The Morgan fingerprint density at radius 3 is 1.23 bits per heavy atom. The van der Waals surface area contributed by atoms with Crippen molar-refractivity contribution in [2.45, 2.75) is 106 Å². The van der Waals surface area contributed by atoms with Gasteiger partial charge in [0.2, 0.25) is 0 Å². The monoisotopic (exact) mass is 428 g/mol. The van der Waals surface area contributed by atoms with Gasteiger partial charge in [-0.05, 0) is 99.3 Å². The fourth-order valence-electron chi connectivity index (χ4n) is 3.58. The predicted octanol–water partition coefficient (Wildman–Crippen LogP) is 9.35. The number of hydrogen-bond acceptors (Lipinski definition) is 0. The zero-order valence-corrected chi connectivity index (χ0v) is 22.6. The smallest absolute Gasteiger partial charge is 0.0783 e. The van der Waals surface area contributed by atoms with Crippen molar-refractivity contribution in [3.63, 3.8) is 0 Å². The number of quaternary nitrogens is 1. The zero-order chi connectivity index (χ0) is 23.7. The average Bonchev–Trinajstić information content (AvgIpc) is 2.64. The van der Waals surface area contributed by atoms with Crippen molar-refractivity contribution in [3.8, 4) is 0 Å². The maximum atomic E-state index is 2.45. The van der Waals surface area contributed by atoms with Gasteiger partial charge in [-0.25, -0.2) is 0 Å². The average molecular weight is 429 g/mol. The molecule has 0 saturated heterocycles. The van der Waals surface area contributed by atoms with E-state index in [1.807, 2.05) is 0 Å². The summed E-state index contributed by atoms with van der Waals surface area (Å²) in [6.07, 6.45) is 24.1. The van der Waals surface area contributed by atoms with Crippen molar-refractivity contribution in [1.29, 1.82) is 0 Å². The number of nitrogens with zero attached hydrogens (tertiary/aromatic N) is 1. The fourth-order valence-corrected chi connectivity index (χ4v) is 3.58. The normalized spacial score (nSPS) is 14.2. The highest BCUT2D eigenvalue weighted by atomic mass is 15.3. The summed E-state index contributed by atoms with van der Waals surface area (Å²) in [6.45, 7) is 14.8. The molecule has 0 aromatic heterocycles. The van der Waals surface area contributed by atoms with Gasteiger partial charge in [0, 0.05) is 6.42 Å². The maximum absolute atomic E-state index is 2.45. The van der Waals surface area contributed by atoms with E-state index in [2.05, 4.69) is 93.1 Å². The Labute approximate surface area is 196 Å². The van der Waals surface area contributed by atoms with Gasteiger partial charge in [0.15, 0.2) is 0 Å². The second kappa shape index (κ2) is 17.2. The van der Waals surface area contributed by atoms with Gasteiger partial charge in [0.05, 0.1) is 27.7 Å². The molecule has 0 bridgehead atoms. The van der Waals surface area contributed by atoms with Gasteiger partial charge >= 0.3 is 0 Å². The van der Waals surface area contributed by atoms with Crippen LogP contribution in [-0.4, -0.2) is 32.2 Å². The Morgan fingerprint density at radius 1 is 0.484 bits per heavy atom. The van der Waals surface area contributed by atoms with E-state index in [1.165, 1.54) is 93.0 Å². The van der Waals surface area contributed by atoms with E-state index in [0.29, 0.717) is 0 Å². The Hall–Kier alpha value is -1.34. The van der Waals surface area contributed by atoms with Gasteiger partial charge in [-0.2, -0.15) is 0 Å². The maximum Gasteiger partial charge on any atom is 0.0783 e. The molecule has 31 heavy (non-hydrogen) atoms. The minimum absolute atomic E-state index is 1.07. The molecule has 0 atom stereocenters. The molecule has 0 rings (SSSR count). The molecule has 0 amide bonds. The van der Waals surface area contributed by atoms with Crippen LogP contribution in [-0.2, 0) is 0 Å². The van der Waals surface area contributed by atoms with Crippen molar-refractivity contribution in [2.75, 3.05) is 27.7 Å². The minimum Gasteiger partial charge on any atom is -0.331 e.